The third kappa shape index (κ3) is 1.12. The lowest BCUT2D eigenvalue weighted by atomic mass is 10.2. The normalized spacial score (nSPS) is 10.4. The molecule has 0 aliphatic heterocycles. The van der Waals surface area contributed by atoms with Gasteiger partial charge in [-0.3, -0.25) is 0 Å². The van der Waals surface area contributed by atoms with Crippen LogP contribution in [0.25, 0.3) is 11.0 Å². The Kier molecular flexibility index (Phi) is 1.89. The van der Waals surface area contributed by atoms with Gasteiger partial charge in [0.2, 0.25) is 0 Å². The number of benzene rings is 1. The molecule has 0 bridgehead atoms. The summed E-state index contributed by atoms with van der Waals surface area (Å²) in [5, 5.41) is 3.47. The molecule has 0 saturated heterocycles. The van der Waals surface area contributed by atoms with Gasteiger partial charge in [-0.15, -0.1) is 0 Å². The molecule has 0 unspecified atom stereocenters. The molecule has 4 nitrogen and oxygen atoms in total. The van der Waals surface area contributed by atoms with Crippen LogP contribution in [0.4, 0.5) is 11.4 Å². The maximum absolute atomic E-state index is 11.4. The number of hydrogen-bond acceptors (Lipinski definition) is 4. The highest BCUT2D eigenvalue weighted by Crippen LogP contribution is 2.24. The first-order valence-corrected chi connectivity index (χ1v) is 4.23. The second kappa shape index (κ2) is 3.06. The van der Waals surface area contributed by atoms with Crippen molar-refractivity contribution in [1.29, 1.82) is 0 Å². The van der Waals surface area contributed by atoms with E-state index < -0.39 is 5.63 Å². The Morgan fingerprint density at radius 1 is 1.36 bits per heavy atom. The third-order valence-electron chi connectivity index (χ3n) is 2.10. The van der Waals surface area contributed by atoms with Gasteiger partial charge in [-0.2, -0.15) is 0 Å². The van der Waals surface area contributed by atoms with Crippen molar-refractivity contribution < 1.29 is 4.42 Å². The van der Waals surface area contributed by atoms with Crippen LogP contribution in [0, 0.1) is 0 Å². The van der Waals surface area contributed by atoms with Crippen molar-refractivity contribution in [3.63, 3.8) is 0 Å². The Hall–Kier alpha value is -1.97. The minimum atomic E-state index is -0.441. The fourth-order valence-electron chi connectivity index (χ4n) is 1.41. The summed E-state index contributed by atoms with van der Waals surface area (Å²) in [6, 6.07) is 7.17. The highest BCUT2D eigenvalue weighted by molar-refractivity contribution is 5.94. The van der Waals surface area contributed by atoms with Gasteiger partial charge in [0.25, 0.3) is 0 Å². The molecule has 0 radical (unpaired) electrons. The van der Waals surface area contributed by atoms with Crippen molar-refractivity contribution in [2.75, 3.05) is 18.1 Å². The summed E-state index contributed by atoms with van der Waals surface area (Å²) in [4.78, 5) is 11.4. The monoisotopic (exact) mass is 190 g/mol. The van der Waals surface area contributed by atoms with E-state index in [1.807, 2.05) is 12.1 Å². The van der Waals surface area contributed by atoms with Gasteiger partial charge in [0.15, 0.2) is 0 Å². The van der Waals surface area contributed by atoms with Crippen LogP contribution in [0.15, 0.2) is 33.5 Å². The summed E-state index contributed by atoms with van der Waals surface area (Å²) in [6.07, 6.45) is 0. The van der Waals surface area contributed by atoms with E-state index in [0.717, 1.165) is 5.39 Å². The summed E-state index contributed by atoms with van der Waals surface area (Å²) in [6.45, 7) is 0. The van der Waals surface area contributed by atoms with Gasteiger partial charge in [-0.1, -0.05) is 12.1 Å². The first-order valence-electron chi connectivity index (χ1n) is 4.23. The molecule has 72 valence electrons. The molecular formula is C10H10N2O2. The van der Waals surface area contributed by atoms with Crippen molar-refractivity contribution in [3.05, 3.63) is 34.7 Å². The highest BCUT2D eigenvalue weighted by Gasteiger charge is 2.09. The van der Waals surface area contributed by atoms with Crippen molar-refractivity contribution in [2.24, 2.45) is 0 Å². The maximum atomic E-state index is 11.4. The molecule has 0 amide bonds. The first-order chi connectivity index (χ1) is 6.74. The van der Waals surface area contributed by atoms with Crippen LogP contribution in [0.5, 0.6) is 0 Å². The van der Waals surface area contributed by atoms with E-state index in [-0.39, 0.29) is 0 Å². The van der Waals surface area contributed by atoms with Crippen LogP contribution < -0.4 is 16.7 Å². The molecule has 0 spiro atoms. The molecule has 1 aromatic heterocycles. The van der Waals surface area contributed by atoms with E-state index in [1.165, 1.54) is 0 Å². The molecule has 3 N–H and O–H groups in total. The zero-order valence-corrected chi connectivity index (χ0v) is 7.70. The van der Waals surface area contributed by atoms with Gasteiger partial charge in [0.1, 0.15) is 11.3 Å². The van der Waals surface area contributed by atoms with Crippen LogP contribution >= 0.6 is 0 Å². The summed E-state index contributed by atoms with van der Waals surface area (Å²) in [5.41, 5.74) is 6.61. The Morgan fingerprint density at radius 3 is 2.79 bits per heavy atom. The van der Waals surface area contributed by atoms with Crippen LogP contribution in [-0.2, 0) is 0 Å². The smallest absolute Gasteiger partial charge is 0.361 e. The van der Waals surface area contributed by atoms with Gasteiger partial charge in [0, 0.05) is 12.4 Å². The molecule has 14 heavy (non-hydrogen) atoms. The van der Waals surface area contributed by atoms with Crippen LogP contribution in [0.3, 0.4) is 0 Å². The predicted octanol–water partition coefficient (Wildman–Crippen LogP) is 1.42. The minimum absolute atomic E-state index is 0.309. The van der Waals surface area contributed by atoms with Crippen molar-refractivity contribution >= 4 is 22.3 Å². The van der Waals surface area contributed by atoms with E-state index in [4.69, 9.17) is 10.2 Å². The Balaban J connectivity index is 2.93. The lowest BCUT2D eigenvalue weighted by Crippen LogP contribution is -2.10. The van der Waals surface area contributed by atoms with Gasteiger partial charge in [-0.25, -0.2) is 4.79 Å². The predicted molar refractivity (Wildman–Crippen MR) is 56.4 cm³/mol. The maximum Gasteiger partial charge on any atom is 0.361 e. The molecule has 1 aromatic carbocycles. The van der Waals surface area contributed by atoms with Crippen LogP contribution in [0.1, 0.15) is 0 Å². The first kappa shape index (κ1) is 8.62. The second-order valence-corrected chi connectivity index (χ2v) is 2.92. The average Bonchev–Trinajstić information content (AvgIpc) is 2.18. The number of hydrogen-bond donors (Lipinski definition) is 2. The summed E-state index contributed by atoms with van der Waals surface area (Å²) < 4.78 is 5.07. The molecule has 4 heteroatoms. The number of anilines is 2. The van der Waals surface area contributed by atoms with Crippen molar-refractivity contribution in [1.82, 2.24) is 0 Å². The fraction of sp³-hybridized carbons (Fsp3) is 0.100. The summed E-state index contributed by atoms with van der Waals surface area (Å²) in [7, 11) is 1.64. The zero-order chi connectivity index (χ0) is 10.1. The van der Waals surface area contributed by atoms with Gasteiger partial charge >= 0.3 is 5.63 Å². The molecule has 0 saturated carbocycles. The Morgan fingerprint density at radius 2 is 2.07 bits per heavy atom. The fourth-order valence-corrected chi connectivity index (χ4v) is 1.41. The number of para-hydroxylation sites is 1. The lowest BCUT2D eigenvalue weighted by Gasteiger charge is -2.05. The molecule has 0 fully saturated rings. The summed E-state index contributed by atoms with van der Waals surface area (Å²) in [5.74, 6) is 0. The molecule has 0 aliphatic rings. The van der Waals surface area contributed by atoms with Crippen LogP contribution in [0.2, 0.25) is 0 Å². The Bertz CT molecular complexity index is 531. The largest absolute Gasteiger partial charge is 0.421 e. The molecule has 0 aliphatic carbocycles. The third-order valence-corrected chi connectivity index (χ3v) is 2.10. The van der Waals surface area contributed by atoms with Gasteiger partial charge < -0.3 is 15.5 Å². The number of nitrogens with one attached hydrogen (secondary N) is 1. The van der Waals surface area contributed by atoms with Gasteiger partial charge in [-0.05, 0) is 12.1 Å². The minimum Gasteiger partial charge on any atom is -0.421 e. The summed E-state index contributed by atoms with van der Waals surface area (Å²) >= 11 is 0. The number of nitrogen functional groups attached to an aromatic ring is 1. The molecule has 0 atom stereocenters. The molecule has 2 rings (SSSR count). The SMILES string of the molecule is CNc1c(N)c2ccccc2oc1=O. The average molecular weight is 190 g/mol. The Labute approximate surface area is 80.3 Å². The van der Waals surface area contributed by atoms with E-state index in [9.17, 15) is 4.79 Å². The lowest BCUT2D eigenvalue weighted by molar-refractivity contribution is 0.564. The second-order valence-electron chi connectivity index (χ2n) is 2.92. The van der Waals surface area contributed by atoms with E-state index in [0.29, 0.717) is 17.0 Å². The molecular weight excluding hydrogens is 180 g/mol. The highest BCUT2D eigenvalue weighted by atomic mass is 16.4. The van der Waals surface area contributed by atoms with E-state index >= 15 is 0 Å². The quantitative estimate of drug-likeness (QED) is 0.667. The van der Waals surface area contributed by atoms with Crippen molar-refractivity contribution in [3.8, 4) is 0 Å². The standard InChI is InChI=1S/C10H10N2O2/c1-12-9-8(11)6-4-2-3-5-7(6)14-10(9)13/h2-5,12H,11H2,1H3. The van der Waals surface area contributed by atoms with Gasteiger partial charge in [0.05, 0.1) is 5.69 Å². The molecule has 2 aromatic rings. The van der Waals surface area contributed by atoms with E-state index in [1.54, 1.807) is 19.2 Å². The molecule has 1 heterocycles. The number of rotatable bonds is 1. The number of nitrogens with two attached hydrogens (primary N) is 1. The van der Waals surface area contributed by atoms with Crippen molar-refractivity contribution in [2.45, 2.75) is 0 Å². The van der Waals surface area contributed by atoms with E-state index in [2.05, 4.69) is 5.32 Å². The topological polar surface area (TPSA) is 68.3 Å². The number of fused-ring (bicyclic) bond motifs is 1. The zero-order valence-electron chi connectivity index (χ0n) is 7.70. The van der Waals surface area contributed by atoms with Crippen LogP contribution in [-0.4, -0.2) is 7.05 Å².